The second-order valence-electron chi connectivity index (χ2n) is 4.39. The van der Waals surface area contributed by atoms with E-state index >= 15 is 0 Å². The number of hydrogen-bond donors (Lipinski definition) is 2. The first-order valence-electron chi connectivity index (χ1n) is 5.03. The molecule has 2 aliphatic carbocycles. The Labute approximate surface area is 89.9 Å². The fourth-order valence-electron chi connectivity index (χ4n) is 2.89. The van der Waals surface area contributed by atoms with E-state index in [9.17, 15) is 8.42 Å². The fourth-order valence-corrected chi connectivity index (χ4v) is 4.62. The van der Waals surface area contributed by atoms with Gasteiger partial charge < -0.3 is 11.5 Å². The van der Waals surface area contributed by atoms with Gasteiger partial charge in [-0.05, 0) is 30.5 Å². The zero-order chi connectivity index (χ0) is 11.2. The van der Waals surface area contributed by atoms with Gasteiger partial charge in [0.2, 0.25) is 0 Å². The van der Waals surface area contributed by atoms with Crippen molar-refractivity contribution in [3.8, 4) is 0 Å². The van der Waals surface area contributed by atoms with Crippen molar-refractivity contribution in [2.45, 2.75) is 18.1 Å². The summed E-state index contributed by atoms with van der Waals surface area (Å²) in [5, 5.41) is -0.320. The molecule has 1 saturated carbocycles. The Morgan fingerprint density at radius 2 is 2.13 bits per heavy atom. The molecule has 84 valence electrons. The van der Waals surface area contributed by atoms with Crippen molar-refractivity contribution >= 4 is 9.84 Å². The van der Waals surface area contributed by atoms with Gasteiger partial charge in [-0.1, -0.05) is 6.08 Å². The minimum atomic E-state index is -3.02. The van der Waals surface area contributed by atoms with Crippen LogP contribution in [-0.2, 0) is 9.84 Å². The molecule has 0 aromatic carbocycles. The molecular formula is C10H16N2O2S. The zero-order valence-electron chi connectivity index (χ0n) is 8.68. The molecule has 2 rings (SSSR count). The summed E-state index contributed by atoms with van der Waals surface area (Å²) >= 11 is 0. The van der Waals surface area contributed by atoms with E-state index in [2.05, 4.69) is 0 Å². The van der Waals surface area contributed by atoms with Gasteiger partial charge >= 0.3 is 0 Å². The molecule has 2 aliphatic rings. The van der Waals surface area contributed by atoms with Gasteiger partial charge in [0.15, 0.2) is 9.84 Å². The maximum absolute atomic E-state index is 11.7. The van der Waals surface area contributed by atoms with Gasteiger partial charge in [-0.3, -0.25) is 0 Å². The van der Waals surface area contributed by atoms with Crippen LogP contribution < -0.4 is 11.5 Å². The average molecular weight is 228 g/mol. The lowest BCUT2D eigenvalue weighted by Gasteiger charge is -2.28. The molecule has 0 aromatic heterocycles. The molecule has 2 bridgehead atoms. The van der Waals surface area contributed by atoms with Crippen LogP contribution in [0.4, 0.5) is 0 Å². The number of rotatable bonds is 1. The normalized spacial score (nSPS) is 38.1. The number of sulfone groups is 1. The van der Waals surface area contributed by atoms with Gasteiger partial charge in [0.25, 0.3) is 0 Å². The van der Waals surface area contributed by atoms with Gasteiger partial charge in [-0.15, -0.1) is 0 Å². The van der Waals surface area contributed by atoms with E-state index in [4.69, 9.17) is 11.5 Å². The first-order chi connectivity index (χ1) is 6.95. The number of hydrogen-bond acceptors (Lipinski definition) is 4. The van der Waals surface area contributed by atoms with Gasteiger partial charge in [0.05, 0.1) is 5.25 Å². The van der Waals surface area contributed by atoms with Crippen molar-refractivity contribution in [1.29, 1.82) is 0 Å². The molecule has 0 aromatic rings. The van der Waals surface area contributed by atoms with Crippen LogP contribution in [0.2, 0.25) is 0 Å². The second kappa shape index (κ2) is 3.27. The summed E-state index contributed by atoms with van der Waals surface area (Å²) in [6, 6.07) is 0. The predicted octanol–water partition coefficient (Wildman–Crippen LogP) is 0.125. The van der Waals surface area contributed by atoms with Crippen LogP contribution in [0.25, 0.3) is 0 Å². The summed E-state index contributed by atoms with van der Waals surface area (Å²) in [6.07, 6.45) is 6.36. The molecule has 5 heteroatoms. The van der Waals surface area contributed by atoms with Crippen LogP contribution in [0, 0.1) is 11.8 Å². The van der Waals surface area contributed by atoms with E-state index in [1.165, 1.54) is 12.5 Å². The molecule has 0 aliphatic heterocycles. The highest BCUT2D eigenvalue weighted by atomic mass is 32.2. The lowest BCUT2D eigenvalue weighted by Crippen LogP contribution is -2.35. The average Bonchev–Trinajstić information content (AvgIpc) is 2.43. The van der Waals surface area contributed by atoms with Crippen LogP contribution in [0.15, 0.2) is 23.5 Å². The smallest absolute Gasteiger partial charge is 0.151 e. The van der Waals surface area contributed by atoms with Crippen molar-refractivity contribution in [2.24, 2.45) is 23.3 Å². The van der Waals surface area contributed by atoms with E-state index in [1.807, 2.05) is 6.08 Å². The molecule has 4 N–H and O–H groups in total. The van der Waals surface area contributed by atoms with Crippen LogP contribution in [-0.4, -0.2) is 19.9 Å². The van der Waals surface area contributed by atoms with E-state index in [1.54, 1.807) is 0 Å². The third kappa shape index (κ3) is 1.55. The molecule has 0 amide bonds. The van der Waals surface area contributed by atoms with Crippen molar-refractivity contribution in [3.63, 3.8) is 0 Å². The highest BCUT2D eigenvalue weighted by molar-refractivity contribution is 7.91. The highest BCUT2D eigenvalue weighted by Crippen LogP contribution is 2.45. The lowest BCUT2D eigenvalue weighted by molar-refractivity contribution is 0.530. The van der Waals surface area contributed by atoms with E-state index in [0.29, 0.717) is 5.70 Å². The van der Waals surface area contributed by atoms with E-state index < -0.39 is 9.84 Å². The zero-order valence-corrected chi connectivity index (χ0v) is 9.50. The molecule has 0 heterocycles. The van der Waals surface area contributed by atoms with Crippen LogP contribution in [0.5, 0.6) is 0 Å². The lowest BCUT2D eigenvalue weighted by atomic mass is 9.88. The molecular weight excluding hydrogens is 212 g/mol. The van der Waals surface area contributed by atoms with E-state index in [-0.39, 0.29) is 17.1 Å². The summed E-state index contributed by atoms with van der Waals surface area (Å²) < 4.78 is 23.4. The van der Waals surface area contributed by atoms with Gasteiger partial charge in [0, 0.05) is 17.9 Å². The van der Waals surface area contributed by atoms with Gasteiger partial charge in [-0.25, -0.2) is 8.42 Å². The largest absolute Gasteiger partial charge is 0.404 e. The Balaban J connectivity index is 2.50. The molecule has 4 nitrogen and oxygen atoms in total. The summed E-state index contributed by atoms with van der Waals surface area (Å²) in [7, 11) is -3.02. The maximum Gasteiger partial charge on any atom is 0.151 e. The monoisotopic (exact) mass is 228 g/mol. The number of fused-ring (bicyclic) bond motifs is 2. The Kier molecular flexibility index (Phi) is 2.30. The van der Waals surface area contributed by atoms with Crippen molar-refractivity contribution in [3.05, 3.63) is 23.5 Å². The predicted molar refractivity (Wildman–Crippen MR) is 59.4 cm³/mol. The van der Waals surface area contributed by atoms with Crippen molar-refractivity contribution in [2.75, 3.05) is 6.26 Å². The first kappa shape index (κ1) is 10.5. The Morgan fingerprint density at radius 3 is 2.67 bits per heavy atom. The Morgan fingerprint density at radius 1 is 1.47 bits per heavy atom. The van der Waals surface area contributed by atoms with Crippen molar-refractivity contribution < 1.29 is 8.42 Å². The number of nitrogens with two attached hydrogens (primary N) is 2. The minimum Gasteiger partial charge on any atom is -0.404 e. The first-order valence-corrected chi connectivity index (χ1v) is 6.99. The quantitative estimate of drug-likeness (QED) is 0.667. The summed E-state index contributed by atoms with van der Waals surface area (Å²) in [5.74, 6) is 0.0775. The third-order valence-electron chi connectivity index (χ3n) is 3.43. The highest BCUT2D eigenvalue weighted by Gasteiger charge is 2.46. The molecule has 3 atom stereocenters. The third-order valence-corrected chi connectivity index (χ3v) is 5.10. The summed E-state index contributed by atoms with van der Waals surface area (Å²) in [5.41, 5.74) is 12.8. The second-order valence-corrected chi connectivity index (χ2v) is 6.59. The van der Waals surface area contributed by atoms with Crippen LogP contribution >= 0.6 is 0 Å². The fraction of sp³-hybridized carbons (Fsp3) is 0.600. The number of allylic oxidation sites excluding steroid dienone is 2. The van der Waals surface area contributed by atoms with E-state index in [0.717, 1.165) is 18.4 Å². The topological polar surface area (TPSA) is 86.2 Å². The minimum absolute atomic E-state index is 0.000000000000000444. The van der Waals surface area contributed by atoms with Gasteiger partial charge in [-0.2, -0.15) is 0 Å². The molecule has 0 radical (unpaired) electrons. The Bertz CT molecular complexity index is 436. The Hall–Kier alpha value is -0.970. The van der Waals surface area contributed by atoms with Crippen LogP contribution in [0.3, 0.4) is 0 Å². The summed E-state index contributed by atoms with van der Waals surface area (Å²) in [6.45, 7) is 0. The molecule has 15 heavy (non-hydrogen) atoms. The standard InChI is InChI=1S/C10H16N2O2S/c1-15(13,14)10-6-2-3-7(10)8(5-11)9(12)4-6/h4-7,10H,2-3,11-12H2,1H3. The molecule has 0 saturated heterocycles. The maximum atomic E-state index is 11.7. The summed E-state index contributed by atoms with van der Waals surface area (Å²) in [4.78, 5) is 0. The van der Waals surface area contributed by atoms with Crippen molar-refractivity contribution in [1.82, 2.24) is 0 Å². The molecule has 1 fully saturated rings. The molecule has 0 spiro atoms. The molecule has 3 unspecified atom stereocenters. The SMILES string of the molecule is CS(=O)(=O)C1C2C=C(N)C(=CN)C1CC2. The van der Waals surface area contributed by atoms with Crippen LogP contribution in [0.1, 0.15) is 12.8 Å². The van der Waals surface area contributed by atoms with Gasteiger partial charge in [0.1, 0.15) is 0 Å².